The second-order valence-electron chi connectivity index (χ2n) is 5.41. The summed E-state index contributed by atoms with van der Waals surface area (Å²) in [6, 6.07) is 3.57. The molecule has 3 nitrogen and oxygen atoms in total. The molecule has 1 atom stereocenters. The molecule has 0 aliphatic heterocycles. The smallest absolute Gasteiger partial charge is 0.327 e. The number of hydrogen-bond donors (Lipinski definition) is 0. The van der Waals surface area contributed by atoms with E-state index in [1.165, 1.54) is 18.4 Å². The third kappa shape index (κ3) is 1.87. The summed E-state index contributed by atoms with van der Waals surface area (Å²) in [4.78, 5) is 25.2. The number of esters is 1. The highest BCUT2D eigenvalue weighted by Gasteiger charge is 2.61. The Bertz CT molecular complexity index is 525. The third-order valence-electron chi connectivity index (χ3n) is 3.12. The van der Waals surface area contributed by atoms with Crippen molar-refractivity contribution in [3.63, 3.8) is 0 Å². The zero-order valence-electron chi connectivity index (χ0n) is 10.9. The number of carbonyl (C=O) groups excluding carboxylic acids is 2. The lowest BCUT2D eigenvalue weighted by Gasteiger charge is -2.20. The maximum atomic E-state index is 12.5. The Hall–Kier alpha value is -1.20. The topological polar surface area (TPSA) is 43.4 Å². The molecule has 0 radical (unpaired) electrons. The van der Waals surface area contributed by atoms with Crippen LogP contribution in [0.4, 0.5) is 0 Å². The number of ketones is 1. The molecule has 1 aromatic rings. The molecule has 0 N–H and O–H groups in total. The number of hydrogen-bond acceptors (Lipinski definition) is 4. The largest absolute Gasteiger partial charge is 0.468 e. The van der Waals surface area contributed by atoms with Crippen molar-refractivity contribution in [3.8, 4) is 0 Å². The van der Waals surface area contributed by atoms with Crippen molar-refractivity contribution < 1.29 is 14.3 Å². The average molecular weight is 280 g/mol. The summed E-state index contributed by atoms with van der Waals surface area (Å²) in [6.07, 6.45) is 1.80. The SMILES string of the molecule is COC(=O)C1(C(=O)c2cccs2)C=C1[Si](C)(C)C. The number of ether oxygens (including phenoxy) is 1. The van der Waals surface area contributed by atoms with Crippen LogP contribution < -0.4 is 0 Å². The molecule has 0 aromatic carbocycles. The molecule has 18 heavy (non-hydrogen) atoms. The van der Waals surface area contributed by atoms with Crippen LogP contribution in [0, 0.1) is 5.41 Å². The van der Waals surface area contributed by atoms with E-state index in [0.717, 1.165) is 5.20 Å². The van der Waals surface area contributed by atoms with E-state index in [-0.39, 0.29) is 5.78 Å². The van der Waals surface area contributed by atoms with Crippen LogP contribution in [0.2, 0.25) is 19.6 Å². The first kappa shape index (κ1) is 13.2. The Labute approximate surface area is 111 Å². The Morgan fingerprint density at radius 3 is 2.39 bits per heavy atom. The molecular formula is C13H16O3SSi. The van der Waals surface area contributed by atoms with Gasteiger partial charge in [0.15, 0.2) is 11.2 Å². The quantitative estimate of drug-likeness (QED) is 0.369. The summed E-state index contributed by atoms with van der Waals surface area (Å²) in [7, 11) is -0.336. The first-order chi connectivity index (χ1) is 8.34. The minimum atomic E-state index is -1.67. The molecule has 0 spiro atoms. The predicted molar refractivity (Wildman–Crippen MR) is 74.5 cm³/mol. The second kappa shape index (κ2) is 4.17. The zero-order valence-corrected chi connectivity index (χ0v) is 12.8. The molecule has 0 saturated heterocycles. The molecule has 1 aliphatic rings. The Morgan fingerprint density at radius 1 is 1.33 bits per heavy atom. The van der Waals surface area contributed by atoms with Crippen LogP contribution in [0.5, 0.6) is 0 Å². The maximum Gasteiger partial charge on any atom is 0.327 e. The highest BCUT2D eigenvalue weighted by Crippen LogP contribution is 2.52. The van der Waals surface area contributed by atoms with E-state index in [9.17, 15) is 9.59 Å². The van der Waals surface area contributed by atoms with Crippen LogP contribution in [0.25, 0.3) is 0 Å². The Morgan fingerprint density at radius 2 is 2.00 bits per heavy atom. The average Bonchev–Trinajstić information content (AvgIpc) is 2.86. The number of Topliss-reactive ketones (excluding diaryl/α,β-unsaturated/α-hetero) is 1. The maximum absolute atomic E-state index is 12.5. The van der Waals surface area contributed by atoms with Crippen LogP contribution in [-0.4, -0.2) is 26.9 Å². The van der Waals surface area contributed by atoms with E-state index >= 15 is 0 Å². The lowest BCUT2D eigenvalue weighted by molar-refractivity contribution is -0.144. The van der Waals surface area contributed by atoms with Crippen LogP contribution in [0.15, 0.2) is 28.8 Å². The van der Waals surface area contributed by atoms with E-state index in [2.05, 4.69) is 19.6 Å². The highest BCUT2D eigenvalue weighted by atomic mass is 32.1. The van der Waals surface area contributed by atoms with Gasteiger partial charge in [-0.1, -0.05) is 37.0 Å². The Balaban J connectivity index is 2.37. The molecule has 2 rings (SSSR count). The fourth-order valence-corrected chi connectivity index (χ4v) is 4.98. The van der Waals surface area contributed by atoms with Crippen molar-refractivity contribution in [2.75, 3.05) is 7.11 Å². The highest BCUT2D eigenvalue weighted by molar-refractivity contribution is 7.12. The molecular weight excluding hydrogens is 264 g/mol. The molecule has 0 bridgehead atoms. The summed E-state index contributed by atoms with van der Waals surface area (Å²) in [6.45, 7) is 6.39. The number of carbonyl (C=O) groups is 2. The van der Waals surface area contributed by atoms with Gasteiger partial charge < -0.3 is 4.74 Å². The van der Waals surface area contributed by atoms with Gasteiger partial charge in [-0.25, -0.2) is 0 Å². The van der Waals surface area contributed by atoms with Crippen molar-refractivity contribution in [1.82, 2.24) is 0 Å². The van der Waals surface area contributed by atoms with Crippen LogP contribution in [0.3, 0.4) is 0 Å². The summed E-state index contributed by atoms with van der Waals surface area (Å²) in [5.74, 6) is -0.583. The second-order valence-corrected chi connectivity index (χ2v) is 11.4. The van der Waals surface area contributed by atoms with Crippen molar-refractivity contribution in [2.24, 2.45) is 5.41 Å². The van der Waals surface area contributed by atoms with Gasteiger partial charge in [0.1, 0.15) is 0 Å². The molecule has 0 saturated carbocycles. The minimum absolute atomic E-state index is 0.137. The molecule has 5 heteroatoms. The van der Waals surface area contributed by atoms with Crippen molar-refractivity contribution >= 4 is 31.2 Å². The molecule has 1 aliphatic carbocycles. The zero-order chi connectivity index (χ0) is 13.6. The first-order valence-electron chi connectivity index (χ1n) is 5.74. The Kier molecular flexibility index (Phi) is 3.07. The molecule has 0 fully saturated rings. The summed E-state index contributed by atoms with van der Waals surface area (Å²) < 4.78 is 4.84. The first-order valence-corrected chi connectivity index (χ1v) is 10.1. The van der Waals surface area contributed by atoms with Gasteiger partial charge in [0.05, 0.1) is 20.1 Å². The number of rotatable bonds is 4. The van der Waals surface area contributed by atoms with Gasteiger partial charge in [0.2, 0.25) is 0 Å². The molecule has 1 aromatic heterocycles. The molecule has 1 unspecified atom stereocenters. The van der Waals surface area contributed by atoms with Crippen molar-refractivity contribution in [1.29, 1.82) is 0 Å². The van der Waals surface area contributed by atoms with Gasteiger partial charge >= 0.3 is 5.97 Å². The molecule has 96 valence electrons. The fourth-order valence-electron chi connectivity index (χ4n) is 2.20. The summed E-state index contributed by atoms with van der Waals surface area (Å²) >= 11 is 1.36. The summed E-state index contributed by atoms with van der Waals surface area (Å²) in [5.41, 5.74) is -1.09. The van der Waals surface area contributed by atoms with Crippen LogP contribution in [0.1, 0.15) is 9.67 Å². The third-order valence-corrected chi connectivity index (χ3v) is 6.14. The fraction of sp³-hybridized carbons (Fsp3) is 0.385. The van der Waals surface area contributed by atoms with Crippen molar-refractivity contribution in [2.45, 2.75) is 19.6 Å². The van der Waals surface area contributed by atoms with Gasteiger partial charge in [0.25, 0.3) is 0 Å². The van der Waals surface area contributed by atoms with Gasteiger partial charge in [0, 0.05) is 0 Å². The predicted octanol–water partition coefficient (Wildman–Crippen LogP) is 2.91. The lowest BCUT2D eigenvalue weighted by Crippen LogP contribution is -2.36. The van der Waals surface area contributed by atoms with Gasteiger partial charge in [-0.05, 0) is 11.4 Å². The van der Waals surface area contributed by atoms with Gasteiger partial charge in [-0.3, -0.25) is 9.59 Å². The monoisotopic (exact) mass is 280 g/mol. The molecule has 1 heterocycles. The van der Waals surface area contributed by atoms with Gasteiger partial charge in [-0.15, -0.1) is 11.3 Å². The summed E-state index contributed by atoms with van der Waals surface area (Å²) in [5, 5.41) is 2.83. The van der Waals surface area contributed by atoms with E-state index in [1.54, 1.807) is 12.1 Å². The normalized spacial score (nSPS) is 22.3. The van der Waals surface area contributed by atoms with Crippen molar-refractivity contribution in [3.05, 3.63) is 33.7 Å². The van der Waals surface area contributed by atoms with E-state index in [4.69, 9.17) is 4.74 Å². The number of thiophene rings is 1. The van der Waals surface area contributed by atoms with E-state index in [0.29, 0.717) is 4.88 Å². The van der Waals surface area contributed by atoms with E-state index in [1.807, 2.05) is 11.4 Å². The van der Waals surface area contributed by atoms with Gasteiger partial charge in [-0.2, -0.15) is 0 Å². The molecule has 0 amide bonds. The van der Waals surface area contributed by atoms with Crippen LogP contribution >= 0.6 is 11.3 Å². The number of methoxy groups -OCH3 is 1. The minimum Gasteiger partial charge on any atom is -0.468 e. The van der Waals surface area contributed by atoms with E-state index < -0.39 is 19.5 Å². The standard InChI is InChI=1S/C13H16O3SSi/c1-16-12(15)13(8-10(13)18(2,3)4)11(14)9-6-5-7-17-9/h5-8H,1-4H3. The van der Waals surface area contributed by atoms with Crippen LogP contribution in [-0.2, 0) is 9.53 Å². The lowest BCUT2D eigenvalue weighted by atomic mass is 9.97.